The van der Waals surface area contributed by atoms with Gasteiger partial charge < -0.3 is 26.4 Å². The molecule has 6 N–H and O–H groups in total. The molecule has 2 heterocycles. The first-order chi connectivity index (χ1) is 17.1. The molecule has 2 rings (SSSR count). The minimum Gasteiger partial charge on any atom is -0.480 e. The van der Waals surface area contributed by atoms with Crippen LogP contribution in [0.3, 0.4) is 0 Å². The molecular weight excluding hydrogens is 557 g/mol. The SMILES string of the molecule is CC(C)S(=O)(=O)NC(CNC(=O)CNC(=O)C(CCC1CCNCC1)CCC1CCNCC1)C(=O)O.Cl.Cl. The number of sulfonamides is 1. The number of rotatable bonds is 15. The third-order valence-corrected chi connectivity index (χ3v) is 9.14. The molecule has 224 valence electrons. The molecule has 14 heteroatoms. The predicted molar refractivity (Wildman–Crippen MR) is 152 cm³/mol. The molecule has 2 aliphatic rings. The van der Waals surface area contributed by atoms with Crippen LogP contribution >= 0.6 is 24.8 Å². The molecule has 0 bridgehead atoms. The molecule has 1 atom stereocenters. The second-order valence-electron chi connectivity index (χ2n) is 10.4. The van der Waals surface area contributed by atoms with Gasteiger partial charge in [0.2, 0.25) is 21.8 Å². The maximum absolute atomic E-state index is 13.0. The Bertz CT molecular complexity index is 799. The maximum atomic E-state index is 13.0. The average molecular weight is 605 g/mol. The van der Waals surface area contributed by atoms with Crippen LogP contribution < -0.4 is 26.0 Å². The zero-order valence-electron chi connectivity index (χ0n) is 22.5. The van der Waals surface area contributed by atoms with Gasteiger partial charge in [0.1, 0.15) is 6.04 Å². The quantitative estimate of drug-likeness (QED) is 0.161. The maximum Gasteiger partial charge on any atom is 0.323 e. The van der Waals surface area contributed by atoms with Gasteiger partial charge in [-0.3, -0.25) is 14.4 Å². The van der Waals surface area contributed by atoms with E-state index in [1.165, 1.54) is 13.8 Å². The largest absolute Gasteiger partial charge is 0.480 e. The summed E-state index contributed by atoms with van der Waals surface area (Å²) >= 11 is 0. The first kappa shape index (κ1) is 36.8. The minimum absolute atomic E-state index is 0. The molecule has 0 aliphatic carbocycles. The van der Waals surface area contributed by atoms with Crippen molar-refractivity contribution in [3.05, 3.63) is 0 Å². The van der Waals surface area contributed by atoms with E-state index in [1.807, 2.05) is 0 Å². The third-order valence-electron chi connectivity index (χ3n) is 7.29. The summed E-state index contributed by atoms with van der Waals surface area (Å²) < 4.78 is 26.0. The number of halogens is 2. The summed E-state index contributed by atoms with van der Waals surface area (Å²) in [5.41, 5.74) is 0. The highest BCUT2D eigenvalue weighted by atomic mass is 35.5. The van der Waals surface area contributed by atoms with Crippen molar-refractivity contribution in [3.63, 3.8) is 0 Å². The molecule has 2 amide bonds. The first-order valence-corrected chi connectivity index (χ1v) is 14.8. The molecule has 2 saturated heterocycles. The standard InChI is InChI=1S/C24H45N5O6S.2ClH/c1-17(2)36(34,35)29-21(24(32)33)15-27-22(30)16-28-23(31)20(5-3-18-7-11-25-12-8-18)6-4-19-9-13-26-14-10-19;;/h17-21,25-26,29H,3-16H2,1-2H3,(H,27,30)(H,28,31)(H,32,33);2*1H. The zero-order chi connectivity index (χ0) is 26.6. The highest BCUT2D eigenvalue weighted by Gasteiger charge is 2.27. The predicted octanol–water partition coefficient (Wildman–Crippen LogP) is 1.02. The van der Waals surface area contributed by atoms with Crippen LogP contribution in [-0.4, -0.2) is 81.9 Å². The average Bonchev–Trinajstić information content (AvgIpc) is 2.86. The van der Waals surface area contributed by atoms with Crippen molar-refractivity contribution in [2.75, 3.05) is 39.3 Å². The Hall–Kier alpha value is -1.18. The second kappa shape index (κ2) is 19.0. The third kappa shape index (κ3) is 13.7. The highest BCUT2D eigenvalue weighted by Crippen LogP contribution is 2.26. The summed E-state index contributed by atoms with van der Waals surface area (Å²) in [6.45, 7) is 6.24. The van der Waals surface area contributed by atoms with Crippen molar-refractivity contribution in [2.45, 2.75) is 76.5 Å². The van der Waals surface area contributed by atoms with Crippen LogP contribution in [0.1, 0.15) is 65.2 Å². The lowest BCUT2D eigenvalue weighted by atomic mass is 9.84. The molecule has 0 aromatic heterocycles. The van der Waals surface area contributed by atoms with E-state index in [0.29, 0.717) is 11.8 Å². The smallest absolute Gasteiger partial charge is 0.323 e. The number of hydrogen-bond donors (Lipinski definition) is 6. The van der Waals surface area contributed by atoms with Crippen LogP contribution in [0.5, 0.6) is 0 Å². The van der Waals surface area contributed by atoms with Gasteiger partial charge in [-0.05, 0) is 103 Å². The van der Waals surface area contributed by atoms with Gasteiger partial charge in [-0.1, -0.05) is 0 Å². The Morgan fingerprint density at radius 1 is 0.868 bits per heavy atom. The lowest BCUT2D eigenvalue weighted by molar-refractivity contribution is -0.139. The molecule has 0 saturated carbocycles. The van der Waals surface area contributed by atoms with Crippen LogP contribution in [0.25, 0.3) is 0 Å². The Labute approximate surface area is 239 Å². The number of carbonyl (C=O) groups excluding carboxylic acids is 2. The molecule has 1 unspecified atom stereocenters. The van der Waals surface area contributed by atoms with Gasteiger partial charge in [-0.2, -0.15) is 4.72 Å². The number of nitrogens with one attached hydrogen (secondary N) is 5. The lowest BCUT2D eigenvalue weighted by Crippen LogP contribution is -2.51. The number of piperidine rings is 2. The van der Waals surface area contributed by atoms with Gasteiger partial charge in [0.25, 0.3) is 0 Å². The minimum atomic E-state index is -3.82. The van der Waals surface area contributed by atoms with Gasteiger partial charge in [0, 0.05) is 12.5 Å². The number of carboxylic acid groups (broad SMARTS) is 1. The van der Waals surface area contributed by atoms with Gasteiger partial charge in [-0.25, -0.2) is 8.42 Å². The summed E-state index contributed by atoms with van der Waals surface area (Å²) in [4.78, 5) is 36.7. The summed E-state index contributed by atoms with van der Waals surface area (Å²) in [6, 6.07) is -1.49. The number of carbonyl (C=O) groups is 3. The van der Waals surface area contributed by atoms with Crippen molar-refractivity contribution in [1.82, 2.24) is 26.0 Å². The molecule has 38 heavy (non-hydrogen) atoms. The fraction of sp³-hybridized carbons (Fsp3) is 0.875. The monoisotopic (exact) mass is 603 g/mol. The van der Waals surface area contributed by atoms with E-state index in [2.05, 4.69) is 26.0 Å². The van der Waals surface area contributed by atoms with Crippen molar-refractivity contribution in [1.29, 1.82) is 0 Å². The number of amides is 2. The normalized spacial score (nSPS) is 17.8. The van der Waals surface area contributed by atoms with Crippen LogP contribution in [0, 0.1) is 17.8 Å². The van der Waals surface area contributed by atoms with E-state index in [4.69, 9.17) is 0 Å². The molecule has 0 aromatic rings. The second-order valence-corrected chi connectivity index (χ2v) is 12.6. The van der Waals surface area contributed by atoms with Crippen LogP contribution in [0.4, 0.5) is 0 Å². The van der Waals surface area contributed by atoms with E-state index in [-0.39, 0.29) is 43.2 Å². The number of carboxylic acids is 1. The molecule has 11 nitrogen and oxygen atoms in total. The summed E-state index contributed by atoms with van der Waals surface area (Å²) in [5.74, 6) is -1.03. The lowest BCUT2D eigenvalue weighted by Gasteiger charge is -2.27. The van der Waals surface area contributed by atoms with Gasteiger partial charge in [0.05, 0.1) is 11.8 Å². The Morgan fingerprint density at radius 3 is 1.76 bits per heavy atom. The van der Waals surface area contributed by atoms with E-state index in [0.717, 1.165) is 77.5 Å². The Balaban J connectivity index is 0.00000684. The summed E-state index contributed by atoms with van der Waals surface area (Å²) in [5, 5.41) is 20.4. The van der Waals surface area contributed by atoms with Crippen molar-refractivity contribution in [3.8, 4) is 0 Å². The van der Waals surface area contributed by atoms with Crippen molar-refractivity contribution in [2.24, 2.45) is 17.8 Å². The van der Waals surface area contributed by atoms with E-state index < -0.39 is 39.7 Å². The zero-order valence-corrected chi connectivity index (χ0v) is 24.9. The Morgan fingerprint density at radius 2 is 1.34 bits per heavy atom. The molecule has 2 aliphatic heterocycles. The van der Waals surface area contributed by atoms with Crippen molar-refractivity contribution >= 4 is 52.6 Å². The van der Waals surface area contributed by atoms with Gasteiger partial charge in [0.15, 0.2) is 0 Å². The fourth-order valence-electron chi connectivity index (χ4n) is 4.72. The number of hydrogen-bond acceptors (Lipinski definition) is 7. The van der Waals surface area contributed by atoms with Crippen LogP contribution in [-0.2, 0) is 24.4 Å². The molecule has 0 radical (unpaired) electrons. The summed E-state index contributed by atoms with van der Waals surface area (Å²) in [6.07, 6.45) is 8.06. The molecule has 0 aromatic carbocycles. The van der Waals surface area contributed by atoms with Gasteiger partial charge >= 0.3 is 5.97 Å². The summed E-state index contributed by atoms with van der Waals surface area (Å²) in [7, 11) is -3.82. The number of aliphatic carboxylic acids is 1. The highest BCUT2D eigenvalue weighted by molar-refractivity contribution is 7.90. The molecule has 2 fully saturated rings. The Kier molecular flexibility index (Phi) is 18.4. The van der Waals surface area contributed by atoms with Crippen LogP contribution in [0.2, 0.25) is 0 Å². The van der Waals surface area contributed by atoms with Crippen molar-refractivity contribution < 1.29 is 27.9 Å². The molecule has 0 spiro atoms. The van der Waals surface area contributed by atoms with E-state index in [9.17, 15) is 27.9 Å². The molecular formula is C24H47Cl2N5O6S. The van der Waals surface area contributed by atoms with E-state index in [1.54, 1.807) is 0 Å². The van der Waals surface area contributed by atoms with Gasteiger partial charge in [-0.15, -0.1) is 24.8 Å². The van der Waals surface area contributed by atoms with E-state index >= 15 is 0 Å². The first-order valence-electron chi connectivity index (χ1n) is 13.3. The topological polar surface area (TPSA) is 166 Å². The fourth-order valence-corrected chi connectivity index (χ4v) is 5.58. The van der Waals surface area contributed by atoms with Crippen LogP contribution in [0.15, 0.2) is 0 Å².